The van der Waals surface area contributed by atoms with Crippen molar-refractivity contribution >= 4 is 28.8 Å². The molecule has 2 rings (SSSR count). The molecule has 0 aliphatic heterocycles. The highest BCUT2D eigenvalue weighted by Crippen LogP contribution is 2.22. The van der Waals surface area contributed by atoms with E-state index in [0.717, 1.165) is 5.39 Å². The van der Waals surface area contributed by atoms with E-state index in [0.29, 0.717) is 10.7 Å². The Labute approximate surface area is 89.6 Å². The summed E-state index contributed by atoms with van der Waals surface area (Å²) in [6, 6.07) is 3.60. The number of hydrogen-bond donors (Lipinski definition) is 1. The van der Waals surface area contributed by atoms with Gasteiger partial charge in [-0.1, -0.05) is 11.8 Å². The minimum atomic E-state index is -0.865. The minimum absolute atomic E-state index is 0.0129. The maximum absolute atomic E-state index is 10.4. The predicted octanol–water partition coefficient (Wildman–Crippen LogP) is 1.20. The van der Waals surface area contributed by atoms with Crippen LogP contribution in [0.25, 0.3) is 11.0 Å². The number of nitrogens with zero attached hydrogens (tertiary/aromatic N) is 3. The van der Waals surface area contributed by atoms with Crippen LogP contribution in [-0.4, -0.2) is 31.8 Å². The molecule has 2 aromatic heterocycles. The van der Waals surface area contributed by atoms with Crippen molar-refractivity contribution < 1.29 is 9.90 Å². The topological polar surface area (TPSA) is 76.0 Å². The van der Waals surface area contributed by atoms with Crippen LogP contribution in [0.1, 0.15) is 0 Å². The van der Waals surface area contributed by atoms with Gasteiger partial charge >= 0.3 is 5.97 Å². The van der Waals surface area contributed by atoms with E-state index in [1.54, 1.807) is 12.3 Å². The van der Waals surface area contributed by atoms with Crippen LogP contribution in [0, 0.1) is 0 Å². The lowest BCUT2D eigenvalue weighted by molar-refractivity contribution is -0.133. The first-order valence-electron chi connectivity index (χ1n) is 4.17. The van der Waals surface area contributed by atoms with Gasteiger partial charge in [-0.05, 0) is 12.1 Å². The van der Waals surface area contributed by atoms with Gasteiger partial charge in [0.05, 0.1) is 11.1 Å². The number of aliphatic carboxylic acids is 1. The zero-order valence-electron chi connectivity index (χ0n) is 7.62. The van der Waals surface area contributed by atoms with E-state index < -0.39 is 5.97 Å². The van der Waals surface area contributed by atoms with Gasteiger partial charge in [-0.2, -0.15) is 0 Å². The van der Waals surface area contributed by atoms with Crippen LogP contribution in [0.2, 0.25) is 0 Å². The molecule has 2 aromatic rings. The van der Waals surface area contributed by atoms with Crippen molar-refractivity contribution in [2.24, 2.45) is 0 Å². The summed E-state index contributed by atoms with van der Waals surface area (Å²) in [6.07, 6.45) is 3.03. The Kier molecular flexibility index (Phi) is 2.77. The third-order valence-corrected chi connectivity index (χ3v) is 2.69. The predicted molar refractivity (Wildman–Crippen MR) is 55.7 cm³/mol. The highest BCUT2D eigenvalue weighted by Gasteiger charge is 2.06. The smallest absolute Gasteiger partial charge is 0.313 e. The van der Waals surface area contributed by atoms with Crippen LogP contribution in [0.5, 0.6) is 0 Å². The van der Waals surface area contributed by atoms with Crippen LogP contribution in [0.4, 0.5) is 0 Å². The molecule has 0 aliphatic rings. The number of fused-ring (bicyclic) bond motifs is 1. The third-order valence-electron chi connectivity index (χ3n) is 1.70. The van der Waals surface area contributed by atoms with Crippen LogP contribution >= 0.6 is 11.8 Å². The van der Waals surface area contributed by atoms with Crippen LogP contribution in [0.3, 0.4) is 0 Å². The molecular weight excluding hydrogens is 214 g/mol. The Balaban J connectivity index is 2.38. The first-order valence-corrected chi connectivity index (χ1v) is 5.16. The van der Waals surface area contributed by atoms with Gasteiger partial charge in [-0.25, -0.2) is 15.0 Å². The van der Waals surface area contributed by atoms with Crippen LogP contribution in [0.15, 0.2) is 29.7 Å². The Morgan fingerprint density at radius 1 is 1.40 bits per heavy atom. The maximum atomic E-state index is 10.4. The second kappa shape index (κ2) is 4.22. The number of thioether (sulfide) groups is 1. The summed E-state index contributed by atoms with van der Waals surface area (Å²) in [5, 5.41) is 10.00. The number of carboxylic acids is 1. The summed E-state index contributed by atoms with van der Waals surface area (Å²) >= 11 is 1.17. The van der Waals surface area contributed by atoms with Gasteiger partial charge in [0.15, 0.2) is 5.65 Å². The number of pyridine rings is 1. The van der Waals surface area contributed by atoms with Gasteiger partial charge in [0.1, 0.15) is 11.4 Å². The molecule has 0 atom stereocenters. The summed E-state index contributed by atoms with van der Waals surface area (Å²) < 4.78 is 0. The monoisotopic (exact) mass is 221 g/mol. The van der Waals surface area contributed by atoms with E-state index in [2.05, 4.69) is 15.0 Å². The SMILES string of the molecule is O=C(O)CSc1ncnc2ncccc12. The summed E-state index contributed by atoms with van der Waals surface area (Å²) in [5.74, 6) is -0.878. The molecule has 76 valence electrons. The van der Waals surface area contributed by atoms with Gasteiger partial charge < -0.3 is 5.11 Å². The number of carbonyl (C=O) groups is 1. The number of aromatic nitrogens is 3. The molecule has 15 heavy (non-hydrogen) atoms. The van der Waals surface area contributed by atoms with E-state index >= 15 is 0 Å². The van der Waals surface area contributed by atoms with E-state index in [1.807, 2.05) is 6.07 Å². The lowest BCUT2D eigenvalue weighted by Gasteiger charge is -2.01. The highest BCUT2D eigenvalue weighted by atomic mass is 32.2. The van der Waals surface area contributed by atoms with Gasteiger partial charge in [-0.3, -0.25) is 4.79 Å². The summed E-state index contributed by atoms with van der Waals surface area (Å²) in [7, 11) is 0. The second-order valence-electron chi connectivity index (χ2n) is 2.74. The van der Waals surface area contributed by atoms with Gasteiger partial charge in [0.25, 0.3) is 0 Å². The van der Waals surface area contributed by atoms with Gasteiger partial charge in [0, 0.05) is 6.20 Å². The van der Waals surface area contributed by atoms with E-state index in [1.165, 1.54) is 18.1 Å². The molecule has 0 unspecified atom stereocenters. The molecule has 0 saturated heterocycles. The second-order valence-corrected chi connectivity index (χ2v) is 3.70. The van der Waals surface area contributed by atoms with Crippen LogP contribution < -0.4 is 0 Å². The van der Waals surface area contributed by atoms with Crippen molar-refractivity contribution in [2.75, 3.05) is 5.75 Å². The molecule has 0 radical (unpaired) electrons. The first kappa shape index (κ1) is 9.85. The lowest BCUT2D eigenvalue weighted by atomic mass is 10.3. The summed E-state index contributed by atoms with van der Waals surface area (Å²) in [5.41, 5.74) is 0.584. The third kappa shape index (κ3) is 2.21. The largest absolute Gasteiger partial charge is 0.481 e. The molecule has 0 aliphatic carbocycles. The Morgan fingerprint density at radius 2 is 2.27 bits per heavy atom. The van der Waals surface area contributed by atoms with Crippen molar-refractivity contribution in [1.82, 2.24) is 15.0 Å². The molecule has 0 fully saturated rings. The molecule has 0 aromatic carbocycles. The zero-order valence-corrected chi connectivity index (χ0v) is 8.44. The number of carboxylic acid groups (broad SMARTS) is 1. The Hall–Kier alpha value is -1.69. The molecule has 0 spiro atoms. The Morgan fingerprint density at radius 3 is 3.07 bits per heavy atom. The van der Waals surface area contributed by atoms with Crippen molar-refractivity contribution in [2.45, 2.75) is 5.03 Å². The van der Waals surface area contributed by atoms with Crippen molar-refractivity contribution in [3.63, 3.8) is 0 Å². The summed E-state index contributed by atoms with van der Waals surface area (Å²) in [4.78, 5) is 22.5. The fourth-order valence-corrected chi connectivity index (χ4v) is 1.81. The molecule has 0 bridgehead atoms. The lowest BCUT2D eigenvalue weighted by Crippen LogP contribution is -1.99. The van der Waals surface area contributed by atoms with Crippen molar-refractivity contribution in [3.05, 3.63) is 24.7 Å². The van der Waals surface area contributed by atoms with Crippen molar-refractivity contribution in [3.8, 4) is 0 Å². The number of rotatable bonds is 3. The molecular formula is C9H7N3O2S. The average molecular weight is 221 g/mol. The average Bonchev–Trinajstić information content (AvgIpc) is 2.26. The molecule has 0 saturated carbocycles. The first-order chi connectivity index (χ1) is 7.27. The molecule has 0 amide bonds. The standard InChI is InChI=1S/C9H7N3O2S/c13-7(14)4-15-9-6-2-1-3-10-8(6)11-5-12-9/h1-3,5H,4H2,(H,13,14). The fraction of sp³-hybridized carbons (Fsp3) is 0.111. The maximum Gasteiger partial charge on any atom is 0.313 e. The molecule has 2 heterocycles. The normalized spacial score (nSPS) is 10.4. The fourth-order valence-electron chi connectivity index (χ4n) is 1.12. The van der Waals surface area contributed by atoms with E-state index in [4.69, 9.17) is 5.11 Å². The minimum Gasteiger partial charge on any atom is -0.481 e. The van der Waals surface area contributed by atoms with Gasteiger partial charge in [-0.15, -0.1) is 0 Å². The molecule has 6 heteroatoms. The van der Waals surface area contributed by atoms with Gasteiger partial charge in [0.2, 0.25) is 0 Å². The molecule has 5 nitrogen and oxygen atoms in total. The van der Waals surface area contributed by atoms with Crippen molar-refractivity contribution in [1.29, 1.82) is 0 Å². The van der Waals surface area contributed by atoms with E-state index in [9.17, 15) is 4.79 Å². The highest BCUT2D eigenvalue weighted by molar-refractivity contribution is 8.00. The molecule has 1 N–H and O–H groups in total. The van der Waals surface area contributed by atoms with Crippen LogP contribution in [-0.2, 0) is 4.79 Å². The number of hydrogen-bond acceptors (Lipinski definition) is 5. The zero-order chi connectivity index (χ0) is 10.7. The summed E-state index contributed by atoms with van der Waals surface area (Å²) in [6.45, 7) is 0. The Bertz CT molecular complexity index is 498. The van der Waals surface area contributed by atoms with E-state index in [-0.39, 0.29) is 5.75 Å². The quantitative estimate of drug-likeness (QED) is 0.620.